The standard InChI is InChI=1S/C18H17Cl2N5/c1-12-2-7-15(10-16(12)20)23-17-11-22-25-18(24-17)21-9-8-13-3-5-14(19)6-4-13/h2-7,10-11H,8-9H2,1H3,(H2,21,23,24,25). The van der Waals surface area contributed by atoms with Gasteiger partial charge in [0.2, 0.25) is 5.95 Å². The molecule has 1 heterocycles. The Labute approximate surface area is 156 Å². The van der Waals surface area contributed by atoms with Crippen molar-refractivity contribution in [1.29, 1.82) is 0 Å². The maximum Gasteiger partial charge on any atom is 0.244 e. The third-order valence-electron chi connectivity index (χ3n) is 3.61. The molecule has 0 amide bonds. The van der Waals surface area contributed by atoms with Gasteiger partial charge in [0, 0.05) is 22.3 Å². The maximum atomic E-state index is 6.14. The Morgan fingerprint density at radius 1 is 1.04 bits per heavy atom. The van der Waals surface area contributed by atoms with Crippen LogP contribution in [0.3, 0.4) is 0 Å². The van der Waals surface area contributed by atoms with Crippen molar-refractivity contribution in [2.45, 2.75) is 13.3 Å². The number of rotatable bonds is 6. The lowest BCUT2D eigenvalue weighted by atomic mass is 10.1. The van der Waals surface area contributed by atoms with Crippen molar-refractivity contribution in [3.63, 3.8) is 0 Å². The van der Waals surface area contributed by atoms with E-state index in [9.17, 15) is 0 Å². The lowest BCUT2D eigenvalue weighted by Gasteiger charge is -2.09. The molecule has 25 heavy (non-hydrogen) atoms. The van der Waals surface area contributed by atoms with E-state index in [0.717, 1.165) is 22.7 Å². The zero-order valence-corrected chi connectivity index (χ0v) is 15.1. The fourth-order valence-corrected chi connectivity index (χ4v) is 2.53. The molecule has 1 aromatic heterocycles. The fourth-order valence-electron chi connectivity index (χ4n) is 2.23. The average molecular weight is 374 g/mol. The molecule has 7 heteroatoms. The molecule has 0 aliphatic heterocycles. The van der Waals surface area contributed by atoms with E-state index < -0.39 is 0 Å². The second-order valence-corrected chi connectivity index (χ2v) is 6.40. The van der Waals surface area contributed by atoms with Gasteiger partial charge in [-0.2, -0.15) is 10.1 Å². The molecule has 0 unspecified atom stereocenters. The van der Waals surface area contributed by atoms with Gasteiger partial charge in [0.15, 0.2) is 5.82 Å². The van der Waals surface area contributed by atoms with E-state index in [1.807, 2.05) is 49.4 Å². The smallest absolute Gasteiger partial charge is 0.244 e. The molecule has 0 fully saturated rings. The van der Waals surface area contributed by atoms with Crippen molar-refractivity contribution in [2.24, 2.45) is 0 Å². The summed E-state index contributed by atoms with van der Waals surface area (Å²) in [4.78, 5) is 4.41. The van der Waals surface area contributed by atoms with Gasteiger partial charge < -0.3 is 10.6 Å². The number of aromatic nitrogens is 3. The highest BCUT2D eigenvalue weighted by molar-refractivity contribution is 6.31. The van der Waals surface area contributed by atoms with E-state index in [0.29, 0.717) is 23.3 Å². The van der Waals surface area contributed by atoms with Crippen LogP contribution in [0.1, 0.15) is 11.1 Å². The molecular formula is C18H17Cl2N5. The Morgan fingerprint density at radius 2 is 1.84 bits per heavy atom. The van der Waals surface area contributed by atoms with E-state index in [2.05, 4.69) is 25.8 Å². The normalized spacial score (nSPS) is 10.5. The molecule has 0 aliphatic rings. The maximum absolute atomic E-state index is 6.14. The second-order valence-electron chi connectivity index (χ2n) is 5.56. The van der Waals surface area contributed by atoms with E-state index in [-0.39, 0.29) is 0 Å². The van der Waals surface area contributed by atoms with Crippen LogP contribution in [0.5, 0.6) is 0 Å². The highest BCUT2D eigenvalue weighted by Crippen LogP contribution is 2.22. The topological polar surface area (TPSA) is 62.7 Å². The molecule has 0 radical (unpaired) electrons. The molecule has 2 aromatic carbocycles. The Kier molecular flexibility index (Phi) is 5.68. The third-order valence-corrected chi connectivity index (χ3v) is 4.27. The van der Waals surface area contributed by atoms with Crippen LogP contribution in [0, 0.1) is 6.92 Å². The molecule has 0 bridgehead atoms. The summed E-state index contributed by atoms with van der Waals surface area (Å²) in [5.41, 5.74) is 3.06. The first-order valence-electron chi connectivity index (χ1n) is 7.81. The highest BCUT2D eigenvalue weighted by Gasteiger charge is 2.03. The summed E-state index contributed by atoms with van der Waals surface area (Å²) < 4.78 is 0. The monoisotopic (exact) mass is 373 g/mol. The van der Waals surface area contributed by atoms with Gasteiger partial charge in [-0.25, -0.2) is 0 Å². The minimum Gasteiger partial charge on any atom is -0.353 e. The summed E-state index contributed by atoms with van der Waals surface area (Å²) in [6.07, 6.45) is 2.41. The number of nitrogens with zero attached hydrogens (tertiary/aromatic N) is 3. The van der Waals surface area contributed by atoms with Crippen LogP contribution in [0.15, 0.2) is 48.7 Å². The minimum absolute atomic E-state index is 0.470. The molecule has 2 N–H and O–H groups in total. The summed E-state index contributed by atoms with van der Waals surface area (Å²) in [5, 5.41) is 15.8. The third kappa shape index (κ3) is 5.05. The Morgan fingerprint density at radius 3 is 2.60 bits per heavy atom. The van der Waals surface area contributed by atoms with Gasteiger partial charge in [0.05, 0.1) is 6.20 Å². The fraction of sp³-hybridized carbons (Fsp3) is 0.167. The van der Waals surface area contributed by atoms with E-state index in [1.165, 1.54) is 5.56 Å². The molecule has 0 atom stereocenters. The summed E-state index contributed by atoms with van der Waals surface area (Å²) in [7, 11) is 0. The van der Waals surface area contributed by atoms with Gasteiger partial charge in [0.1, 0.15) is 0 Å². The number of hydrogen-bond donors (Lipinski definition) is 2. The van der Waals surface area contributed by atoms with Gasteiger partial charge in [-0.3, -0.25) is 0 Å². The molecule has 0 saturated heterocycles. The molecular weight excluding hydrogens is 357 g/mol. The minimum atomic E-state index is 0.470. The van der Waals surface area contributed by atoms with Crippen molar-refractivity contribution >= 4 is 40.7 Å². The Bertz CT molecular complexity index is 852. The SMILES string of the molecule is Cc1ccc(Nc2cnnc(NCCc3ccc(Cl)cc3)n2)cc1Cl. The Balaban J connectivity index is 1.59. The summed E-state index contributed by atoms with van der Waals surface area (Å²) in [6, 6.07) is 13.5. The van der Waals surface area contributed by atoms with Gasteiger partial charge >= 0.3 is 0 Å². The van der Waals surface area contributed by atoms with Gasteiger partial charge in [-0.05, 0) is 48.7 Å². The number of aryl methyl sites for hydroxylation is 1. The van der Waals surface area contributed by atoms with E-state index in [4.69, 9.17) is 23.2 Å². The highest BCUT2D eigenvalue weighted by atomic mass is 35.5. The van der Waals surface area contributed by atoms with Gasteiger partial charge in [-0.15, -0.1) is 5.10 Å². The number of halogens is 2. The van der Waals surface area contributed by atoms with Crippen LogP contribution in [-0.2, 0) is 6.42 Å². The zero-order chi connectivity index (χ0) is 17.6. The van der Waals surface area contributed by atoms with Gasteiger partial charge in [-0.1, -0.05) is 41.4 Å². The van der Waals surface area contributed by atoms with Crippen LogP contribution in [0.2, 0.25) is 10.0 Å². The first kappa shape index (κ1) is 17.5. The quantitative estimate of drug-likeness (QED) is 0.644. The van der Waals surface area contributed by atoms with Crippen LogP contribution in [0.4, 0.5) is 17.5 Å². The number of hydrogen-bond acceptors (Lipinski definition) is 5. The second kappa shape index (κ2) is 8.14. The van der Waals surface area contributed by atoms with Crippen molar-refractivity contribution < 1.29 is 0 Å². The van der Waals surface area contributed by atoms with E-state index in [1.54, 1.807) is 6.20 Å². The van der Waals surface area contributed by atoms with Crippen LogP contribution in [-0.4, -0.2) is 21.7 Å². The van der Waals surface area contributed by atoms with E-state index >= 15 is 0 Å². The number of benzene rings is 2. The summed E-state index contributed by atoms with van der Waals surface area (Å²) in [5.74, 6) is 1.07. The van der Waals surface area contributed by atoms with Crippen LogP contribution in [0.25, 0.3) is 0 Å². The molecule has 0 saturated carbocycles. The molecule has 0 aliphatic carbocycles. The molecule has 0 spiro atoms. The van der Waals surface area contributed by atoms with Crippen molar-refractivity contribution in [2.75, 3.05) is 17.2 Å². The summed E-state index contributed by atoms with van der Waals surface area (Å²) in [6.45, 7) is 2.66. The largest absolute Gasteiger partial charge is 0.353 e. The van der Waals surface area contributed by atoms with Crippen molar-refractivity contribution in [3.8, 4) is 0 Å². The van der Waals surface area contributed by atoms with Gasteiger partial charge in [0.25, 0.3) is 0 Å². The van der Waals surface area contributed by atoms with Crippen molar-refractivity contribution in [1.82, 2.24) is 15.2 Å². The number of anilines is 3. The first-order chi connectivity index (χ1) is 12.1. The van der Waals surface area contributed by atoms with Crippen molar-refractivity contribution in [3.05, 3.63) is 69.8 Å². The van der Waals surface area contributed by atoms with Crippen LogP contribution < -0.4 is 10.6 Å². The van der Waals surface area contributed by atoms with Crippen LogP contribution >= 0.6 is 23.2 Å². The molecule has 3 rings (SSSR count). The number of nitrogens with one attached hydrogen (secondary N) is 2. The summed E-state index contributed by atoms with van der Waals surface area (Å²) >= 11 is 12.0. The average Bonchev–Trinajstić information content (AvgIpc) is 2.60. The first-order valence-corrected chi connectivity index (χ1v) is 8.57. The molecule has 128 valence electrons. The Hall–Kier alpha value is -2.37. The zero-order valence-electron chi connectivity index (χ0n) is 13.6. The lowest BCUT2D eigenvalue weighted by molar-refractivity contribution is 0.929. The predicted molar refractivity (Wildman–Crippen MR) is 103 cm³/mol. The molecule has 3 aromatic rings. The predicted octanol–water partition coefficient (Wildman–Crippen LogP) is 4.89. The molecule has 5 nitrogen and oxygen atoms in total. The lowest BCUT2D eigenvalue weighted by Crippen LogP contribution is -2.09.